The molecule has 10 nitrogen and oxygen atoms in total. The molecule has 4 heterocycles. The lowest BCUT2D eigenvalue weighted by molar-refractivity contribution is -0.209. The number of carbonyl (C=O) groups is 2. The van der Waals surface area contributed by atoms with Crippen LogP contribution in [0.4, 0.5) is 0 Å². The quantitative estimate of drug-likeness (QED) is 0.334. The predicted molar refractivity (Wildman–Crippen MR) is 190 cm³/mol. The Morgan fingerprint density at radius 2 is 1.00 bits per heavy atom. The molecule has 0 radical (unpaired) electrons. The molecule has 4 spiro atoms. The largest absolute Gasteiger partial charge is 0.391 e. The first-order valence-corrected chi connectivity index (χ1v) is 19.6. The Balaban J connectivity index is 1.23. The normalized spacial score (nSPS) is 32.0. The van der Waals surface area contributed by atoms with Crippen molar-refractivity contribution in [3.8, 4) is 0 Å². The van der Waals surface area contributed by atoms with Gasteiger partial charge in [0.15, 0.2) is 11.2 Å². The summed E-state index contributed by atoms with van der Waals surface area (Å²) in [6.07, 6.45) is 11.0. The summed E-state index contributed by atoms with van der Waals surface area (Å²) in [7, 11) is 0. The van der Waals surface area contributed by atoms with Gasteiger partial charge in [-0.1, -0.05) is 19.8 Å². The molecular weight excluding hydrogens is 620 g/mol. The molecule has 0 bridgehead atoms. The van der Waals surface area contributed by atoms with Crippen molar-refractivity contribution in [1.82, 2.24) is 20.0 Å². The van der Waals surface area contributed by atoms with Gasteiger partial charge in [0.05, 0.1) is 18.8 Å². The number of hydrogen-bond acceptors (Lipinski definition) is 8. The lowest BCUT2D eigenvalue weighted by Crippen LogP contribution is -2.69. The van der Waals surface area contributed by atoms with Crippen LogP contribution in [0.15, 0.2) is 0 Å². The number of aliphatic hydroxyl groups is 2. The highest BCUT2D eigenvalue weighted by atomic mass is 16.6. The van der Waals surface area contributed by atoms with E-state index in [4.69, 9.17) is 9.47 Å². The molecule has 280 valence electrons. The smallest absolute Gasteiger partial charge is 0.257 e. The van der Waals surface area contributed by atoms with E-state index in [9.17, 15) is 19.8 Å². The van der Waals surface area contributed by atoms with Crippen LogP contribution in [0.3, 0.4) is 0 Å². The minimum Gasteiger partial charge on any atom is -0.391 e. The number of amides is 2. The second kappa shape index (κ2) is 12.4. The Morgan fingerprint density at radius 3 is 1.41 bits per heavy atom. The molecule has 4 aliphatic heterocycles. The van der Waals surface area contributed by atoms with Gasteiger partial charge in [0.2, 0.25) is 0 Å². The maximum Gasteiger partial charge on any atom is 0.257 e. The average molecular weight is 689 g/mol. The van der Waals surface area contributed by atoms with Crippen molar-refractivity contribution < 1.29 is 29.3 Å². The van der Waals surface area contributed by atoms with Crippen LogP contribution >= 0.6 is 0 Å². The summed E-state index contributed by atoms with van der Waals surface area (Å²) in [5, 5.41) is 26.4. The summed E-state index contributed by atoms with van der Waals surface area (Å²) < 4.78 is 14.2. The summed E-state index contributed by atoms with van der Waals surface area (Å²) in [5.74, 6) is 0.0460. The van der Waals surface area contributed by atoms with Crippen LogP contribution in [0.5, 0.6) is 0 Å². The number of rotatable bonds is 7. The van der Waals surface area contributed by atoms with Gasteiger partial charge in [-0.15, -0.1) is 0 Å². The minimum atomic E-state index is -0.981. The fourth-order valence-electron chi connectivity index (χ4n) is 12.0. The predicted octanol–water partition coefficient (Wildman–Crippen LogP) is 5.23. The molecule has 2 unspecified atom stereocenters. The van der Waals surface area contributed by atoms with Crippen LogP contribution in [0, 0.1) is 0 Å². The molecule has 2 aliphatic carbocycles. The first kappa shape index (κ1) is 37.5. The van der Waals surface area contributed by atoms with Gasteiger partial charge in [-0.3, -0.25) is 14.5 Å². The Bertz CT molecular complexity index is 1230. The molecular formula is C39H68N4O6. The first-order valence-electron chi connectivity index (χ1n) is 19.6. The molecule has 2 saturated carbocycles. The fraction of sp³-hybridized carbons (Fsp3) is 0.949. The summed E-state index contributed by atoms with van der Waals surface area (Å²) in [6, 6.07) is 0. The number of nitrogens with zero attached hydrogens (tertiary/aromatic N) is 3. The van der Waals surface area contributed by atoms with Gasteiger partial charge in [-0.25, -0.2) is 0 Å². The second-order valence-corrected chi connectivity index (χ2v) is 19.6. The molecule has 0 aromatic carbocycles. The summed E-state index contributed by atoms with van der Waals surface area (Å²) in [6.45, 7) is 20.1. The van der Waals surface area contributed by atoms with E-state index < -0.39 is 45.9 Å². The fourth-order valence-corrected chi connectivity index (χ4v) is 12.0. The number of nitrogens with one attached hydrogen (secondary N) is 1. The van der Waals surface area contributed by atoms with E-state index in [2.05, 4.69) is 65.6 Å². The lowest BCUT2D eigenvalue weighted by atomic mass is 9.70. The Labute approximate surface area is 296 Å². The maximum absolute atomic E-state index is 14.7. The third-order valence-electron chi connectivity index (χ3n) is 13.0. The minimum absolute atomic E-state index is 0.0143. The van der Waals surface area contributed by atoms with Crippen molar-refractivity contribution in [3.63, 3.8) is 0 Å². The standard InChI is InChI=1S/C39H68N4O6/c1-10-28(44)21-41-31(47)37(49-38(41)17-13-11-14-18-38)26-34(6,7)43(35(8,9)27-37)23-29(45)22-42-30(46)36(48-39(42)19-15-12-16-20-39)24-32(2,3)40-33(4,5)25-36/h28-29,40,44-45H,10-27H2,1-9H3. The molecule has 6 rings (SSSR count). The van der Waals surface area contributed by atoms with Gasteiger partial charge in [-0.05, 0) is 113 Å². The second-order valence-electron chi connectivity index (χ2n) is 19.6. The average Bonchev–Trinajstić information content (AvgIpc) is 3.28. The topological polar surface area (TPSA) is 115 Å². The summed E-state index contributed by atoms with van der Waals surface area (Å²) >= 11 is 0. The van der Waals surface area contributed by atoms with Crippen LogP contribution in [-0.2, 0) is 19.1 Å². The van der Waals surface area contributed by atoms with Gasteiger partial charge in [0.25, 0.3) is 11.8 Å². The highest BCUT2D eigenvalue weighted by molar-refractivity contribution is 5.89. The molecule has 3 N–H and O–H groups in total. The third-order valence-corrected chi connectivity index (χ3v) is 13.0. The molecule has 6 fully saturated rings. The Morgan fingerprint density at radius 1 is 0.612 bits per heavy atom. The van der Waals surface area contributed by atoms with Crippen molar-refractivity contribution in [2.45, 2.75) is 216 Å². The number of aliphatic hydroxyl groups excluding tert-OH is 2. The molecule has 49 heavy (non-hydrogen) atoms. The van der Waals surface area contributed by atoms with Gasteiger partial charge < -0.3 is 34.8 Å². The maximum atomic E-state index is 14.7. The van der Waals surface area contributed by atoms with Crippen molar-refractivity contribution in [2.24, 2.45) is 0 Å². The van der Waals surface area contributed by atoms with Crippen molar-refractivity contribution >= 4 is 11.8 Å². The van der Waals surface area contributed by atoms with E-state index in [1.54, 1.807) is 0 Å². The third kappa shape index (κ3) is 6.62. The van der Waals surface area contributed by atoms with Gasteiger partial charge in [0.1, 0.15) is 11.4 Å². The van der Waals surface area contributed by atoms with Crippen LogP contribution in [0.1, 0.15) is 159 Å². The van der Waals surface area contributed by atoms with Crippen LogP contribution in [-0.4, -0.2) is 113 Å². The van der Waals surface area contributed by atoms with Crippen LogP contribution in [0.2, 0.25) is 0 Å². The van der Waals surface area contributed by atoms with Crippen molar-refractivity contribution in [3.05, 3.63) is 0 Å². The van der Waals surface area contributed by atoms with E-state index in [1.165, 1.54) is 0 Å². The molecule has 10 heteroatoms. The molecule has 0 aromatic rings. The summed E-state index contributed by atoms with van der Waals surface area (Å²) in [5.41, 5.74) is -4.71. The van der Waals surface area contributed by atoms with Crippen LogP contribution in [0.25, 0.3) is 0 Å². The molecule has 2 atom stereocenters. The van der Waals surface area contributed by atoms with Gasteiger partial charge in [0, 0.05) is 60.9 Å². The Kier molecular flexibility index (Phi) is 9.48. The van der Waals surface area contributed by atoms with Crippen LogP contribution < -0.4 is 5.32 Å². The summed E-state index contributed by atoms with van der Waals surface area (Å²) in [4.78, 5) is 35.4. The van der Waals surface area contributed by atoms with Gasteiger partial charge >= 0.3 is 0 Å². The zero-order valence-electron chi connectivity index (χ0n) is 32.3. The van der Waals surface area contributed by atoms with E-state index in [1.807, 2.05) is 16.7 Å². The number of piperidine rings is 2. The SMILES string of the molecule is CCC(O)CN1C(=O)C2(CC(C)(C)N(CC(O)CN3C(=O)C4(CC(C)(C)NC(C)(C)C4)OC34CCCCC4)C(C)(C)C2)OC12CCCCC2. The number of β-amino-alcohol motifs (C(OH)–C–C–N with tert-alkyl or cyclic N) is 2. The van der Waals surface area contributed by atoms with E-state index in [0.717, 1.165) is 64.2 Å². The molecule has 4 saturated heterocycles. The molecule has 2 amide bonds. The first-order chi connectivity index (χ1) is 22.6. The zero-order valence-corrected chi connectivity index (χ0v) is 32.3. The highest BCUT2D eigenvalue weighted by Crippen LogP contribution is 2.55. The number of ether oxygens (including phenoxy) is 2. The molecule has 0 aromatic heterocycles. The van der Waals surface area contributed by atoms with E-state index in [0.29, 0.717) is 45.2 Å². The van der Waals surface area contributed by atoms with Crippen molar-refractivity contribution in [2.75, 3.05) is 19.6 Å². The number of likely N-dealkylation sites (tertiary alicyclic amines) is 1. The van der Waals surface area contributed by atoms with E-state index in [-0.39, 0.29) is 29.4 Å². The number of carbonyl (C=O) groups excluding carboxylic acids is 2. The van der Waals surface area contributed by atoms with E-state index >= 15 is 0 Å². The zero-order chi connectivity index (χ0) is 35.9. The monoisotopic (exact) mass is 689 g/mol. The number of hydrogen-bond donors (Lipinski definition) is 3. The Hall–Kier alpha value is -1.30. The van der Waals surface area contributed by atoms with Crippen molar-refractivity contribution in [1.29, 1.82) is 0 Å². The lowest BCUT2D eigenvalue weighted by Gasteiger charge is -2.58. The highest BCUT2D eigenvalue weighted by Gasteiger charge is 2.68. The van der Waals surface area contributed by atoms with Gasteiger partial charge in [-0.2, -0.15) is 0 Å². The molecule has 6 aliphatic rings.